The lowest BCUT2D eigenvalue weighted by Crippen LogP contribution is -2.40. The molecule has 3 aliphatic rings. The maximum absolute atomic E-state index is 13.4. The van der Waals surface area contributed by atoms with Crippen molar-refractivity contribution in [2.75, 3.05) is 12.3 Å². The van der Waals surface area contributed by atoms with Gasteiger partial charge in [0.2, 0.25) is 5.91 Å². The lowest BCUT2D eigenvalue weighted by Gasteiger charge is -2.24. The van der Waals surface area contributed by atoms with Crippen LogP contribution in [-0.4, -0.2) is 62.2 Å². The number of ether oxygens (including phenoxy) is 1. The van der Waals surface area contributed by atoms with Crippen molar-refractivity contribution in [3.63, 3.8) is 0 Å². The van der Waals surface area contributed by atoms with Gasteiger partial charge in [-0.25, -0.2) is 9.50 Å². The first-order valence-corrected chi connectivity index (χ1v) is 12.5. The summed E-state index contributed by atoms with van der Waals surface area (Å²) < 4.78 is 45.6. The molecule has 14 heteroatoms. The molecular weight excluding hydrogens is 519 g/mol. The number of nitrogens with two attached hydrogens (primary N) is 1. The number of anilines is 1. The van der Waals surface area contributed by atoms with Crippen LogP contribution in [0.1, 0.15) is 52.5 Å². The number of fused-ring (bicyclic) bond motifs is 2. The molecule has 3 amide bonds. The van der Waals surface area contributed by atoms with Crippen molar-refractivity contribution in [3.05, 3.63) is 41.1 Å². The molecule has 2 fully saturated rings. The van der Waals surface area contributed by atoms with Crippen molar-refractivity contribution in [1.82, 2.24) is 30.1 Å². The van der Waals surface area contributed by atoms with Crippen LogP contribution in [0.25, 0.3) is 16.9 Å². The Labute approximate surface area is 219 Å². The molecule has 2 aromatic heterocycles. The zero-order chi connectivity index (χ0) is 27.6. The Hall–Kier alpha value is -4.36. The molecule has 39 heavy (non-hydrogen) atoms. The number of halogens is 3. The second-order valence-electron chi connectivity index (χ2n) is 10.0. The van der Waals surface area contributed by atoms with Gasteiger partial charge < -0.3 is 26.0 Å². The predicted octanol–water partition coefficient (Wildman–Crippen LogP) is 2.25. The van der Waals surface area contributed by atoms with E-state index in [-0.39, 0.29) is 52.3 Å². The number of amides is 3. The molecular formula is C25H24F3N7O4. The van der Waals surface area contributed by atoms with Crippen LogP contribution in [0.5, 0.6) is 5.75 Å². The lowest BCUT2D eigenvalue weighted by atomic mass is 10.0. The molecule has 0 spiro atoms. The molecule has 2 aliphatic heterocycles. The van der Waals surface area contributed by atoms with Crippen LogP contribution in [0.4, 0.5) is 19.0 Å². The molecule has 0 bridgehead atoms. The molecule has 1 aliphatic carbocycles. The monoisotopic (exact) mass is 543 g/mol. The number of alkyl halides is 3. The number of nitrogens with zero attached hydrogens (tertiary/aromatic N) is 4. The van der Waals surface area contributed by atoms with E-state index < -0.39 is 30.0 Å². The van der Waals surface area contributed by atoms with Gasteiger partial charge in [0.1, 0.15) is 17.4 Å². The number of benzene rings is 1. The first-order chi connectivity index (χ1) is 18.5. The van der Waals surface area contributed by atoms with Gasteiger partial charge in [0.05, 0.1) is 11.3 Å². The molecule has 11 nitrogen and oxygen atoms in total. The fourth-order valence-electron chi connectivity index (χ4n) is 5.24. The number of hydrogen-bond donors (Lipinski definition) is 3. The average Bonchev–Trinajstić information content (AvgIpc) is 3.44. The van der Waals surface area contributed by atoms with Crippen molar-refractivity contribution in [1.29, 1.82) is 0 Å². The Morgan fingerprint density at radius 2 is 2.03 bits per heavy atom. The van der Waals surface area contributed by atoms with Gasteiger partial charge in [-0.15, -0.1) is 18.3 Å². The minimum Gasteiger partial charge on any atom is -0.405 e. The van der Waals surface area contributed by atoms with Gasteiger partial charge in [-0.1, -0.05) is 0 Å². The summed E-state index contributed by atoms with van der Waals surface area (Å²) in [5.74, 6) is -1.88. The minimum absolute atomic E-state index is 0.0553. The van der Waals surface area contributed by atoms with E-state index in [1.165, 1.54) is 16.8 Å². The fraction of sp³-hybridized carbons (Fsp3) is 0.400. The third kappa shape index (κ3) is 4.49. The summed E-state index contributed by atoms with van der Waals surface area (Å²) in [5, 5.41) is 9.33. The number of carbonyl (C=O) groups is 3. The second kappa shape index (κ2) is 8.85. The highest BCUT2D eigenvalue weighted by molar-refractivity contribution is 6.06. The fourth-order valence-corrected chi connectivity index (χ4v) is 5.24. The quantitative estimate of drug-likeness (QED) is 0.433. The van der Waals surface area contributed by atoms with Crippen molar-refractivity contribution in [2.45, 2.75) is 51.2 Å². The highest BCUT2D eigenvalue weighted by Crippen LogP contribution is 2.42. The Bertz CT molecular complexity index is 1530. The molecule has 2 atom stereocenters. The van der Waals surface area contributed by atoms with Crippen molar-refractivity contribution < 1.29 is 32.3 Å². The molecule has 4 heterocycles. The van der Waals surface area contributed by atoms with Crippen molar-refractivity contribution in [3.8, 4) is 17.0 Å². The van der Waals surface area contributed by atoms with E-state index in [0.29, 0.717) is 24.4 Å². The maximum atomic E-state index is 13.4. The number of nitrogen functional groups attached to an aromatic ring is 1. The average molecular weight is 544 g/mol. The maximum Gasteiger partial charge on any atom is 0.573 e. The van der Waals surface area contributed by atoms with Gasteiger partial charge in [-0.05, 0) is 55.9 Å². The number of carbonyl (C=O) groups excluding carboxylic acids is 3. The van der Waals surface area contributed by atoms with Crippen LogP contribution in [-0.2, 0) is 11.3 Å². The standard InChI is InChI=1S/C25H24F3N7O4/c1-11(12-2-3-12)34-10-14-8-13(9-17(18(14)24(34)38)39-25(26,27)28)15-5-7-35-21(31-15)19(20(29)33-35)23(37)32-16-4-6-30-22(16)36/h5,7-9,11-12,16H,2-4,6,10H2,1H3,(H2,29,33)(H,30,36)(H,32,37)/t11-,16-/m0/s1. The molecule has 3 aromatic rings. The molecule has 1 saturated heterocycles. The summed E-state index contributed by atoms with van der Waals surface area (Å²) in [4.78, 5) is 44.1. The van der Waals surface area contributed by atoms with Crippen LogP contribution in [0.2, 0.25) is 0 Å². The van der Waals surface area contributed by atoms with Crippen LogP contribution in [0.15, 0.2) is 24.4 Å². The smallest absolute Gasteiger partial charge is 0.405 e. The van der Waals surface area contributed by atoms with E-state index in [1.54, 1.807) is 11.0 Å². The van der Waals surface area contributed by atoms with E-state index in [9.17, 15) is 27.6 Å². The molecule has 1 aromatic carbocycles. The van der Waals surface area contributed by atoms with Crippen LogP contribution >= 0.6 is 0 Å². The van der Waals surface area contributed by atoms with E-state index >= 15 is 0 Å². The molecule has 0 radical (unpaired) electrons. The molecule has 6 rings (SSSR count). The highest BCUT2D eigenvalue weighted by Gasteiger charge is 2.42. The third-order valence-corrected chi connectivity index (χ3v) is 7.41. The minimum atomic E-state index is -5.02. The largest absolute Gasteiger partial charge is 0.573 e. The Kier molecular flexibility index (Phi) is 5.66. The SMILES string of the molecule is C[C@@H](C1CC1)N1Cc2cc(-c3ccn4nc(N)c(C(=O)N[C@H]5CCNC5=O)c4n3)cc(OC(F)(F)F)c2C1=O. The summed E-state index contributed by atoms with van der Waals surface area (Å²) >= 11 is 0. The molecule has 204 valence electrons. The van der Waals surface area contributed by atoms with Crippen LogP contribution < -0.4 is 21.1 Å². The van der Waals surface area contributed by atoms with Gasteiger partial charge in [0, 0.05) is 30.9 Å². The number of nitrogens with one attached hydrogen (secondary N) is 2. The van der Waals surface area contributed by atoms with Crippen molar-refractivity contribution in [2.24, 2.45) is 5.92 Å². The van der Waals surface area contributed by atoms with Crippen LogP contribution in [0, 0.1) is 5.92 Å². The number of hydrogen-bond acceptors (Lipinski definition) is 7. The molecule has 4 N–H and O–H groups in total. The first-order valence-electron chi connectivity index (χ1n) is 12.5. The molecule has 0 unspecified atom stereocenters. The van der Waals surface area contributed by atoms with E-state index in [0.717, 1.165) is 18.9 Å². The molecule has 1 saturated carbocycles. The normalized spacial score (nSPS) is 19.8. The van der Waals surface area contributed by atoms with Gasteiger partial charge in [-0.2, -0.15) is 0 Å². The van der Waals surface area contributed by atoms with Crippen LogP contribution in [0.3, 0.4) is 0 Å². The highest BCUT2D eigenvalue weighted by atomic mass is 19.4. The van der Waals surface area contributed by atoms with Gasteiger partial charge in [0.15, 0.2) is 11.5 Å². The summed E-state index contributed by atoms with van der Waals surface area (Å²) in [5.41, 5.74) is 6.72. The van der Waals surface area contributed by atoms with E-state index in [4.69, 9.17) is 5.73 Å². The zero-order valence-corrected chi connectivity index (χ0v) is 20.7. The number of aromatic nitrogens is 3. The predicted molar refractivity (Wildman–Crippen MR) is 130 cm³/mol. The Morgan fingerprint density at radius 3 is 2.69 bits per heavy atom. The summed E-state index contributed by atoms with van der Waals surface area (Å²) in [6.45, 7) is 2.47. The van der Waals surface area contributed by atoms with E-state index in [1.807, 2.05) is 6.92 Å². The topological polar surface area (TPSA) is 144 Å². The van der Waals surface area contributed by atoms with Gasteiger partial charge in [-0.3, -0.25) is 14.4 Å². The van der Waals surface area contributed by atoms with E-state index in [2.05, 4.69) is 25.5 Å². The second-order valence-corrected chi connectivity index (χ2v) is 10.0. The lowest BCUT2D eigenvalue weighted by molar-refractivity contribution is -0.274. The third-order valence-electron chi connectivity index (χ3n) is 7.41. The zero-order valence-electron chi connectivity index (χ0n) is 20.7. The summed E-state index contributed by atoms with van der Waals surface area (Å²) in [7, 11) is 0. The van der Waals surface area contributed by atoms with Crippen molar-refractivity contribution >= 4 is 29.2 Å². The summed E-state index contributed by atoms with van der Waals surface area (Å²) in [6.07, 6.45) is -1.19. The summed E-state index contributed by atoms with van der Waals surface area (Å²) in [6, 6.07) is 3.40. The number of rotatable bonds is 6. The Morgan fingerprint density at radius 1 is 1.26 bits per heavy atom. The Balaban J connectivity index is 1.40. The van der Waals surface area contributed by atoms with Gasteiger partial charge in [0.25, 0.3) is 11.8 Å². The van der Waals surface area contributed by atoms with Gasteiger partial charge >= 0.3 is 6.36 Å². The first kappa shape index (κ1) is 24.9.